The number of benzene rings is 2. The molecule has 0 radical (unpaired) electrons. The van der Waals surface area contributed by atoms with Crippen molar-refractivity contribution in [3.63, 3.8) is 0 Å². The first kappa shape index (κ1) is 15.3. The second kappa shape index (κ2) is 6.35. The van der Waals surface area contributed by atoms with E-state index in [0.29, 0.717) is 17.4 Å². The highest BCUT2D eigenvalue weighted by molar-refractivity contribution is 5.83. The highest BCUT2D eigenvalue weighted by atomic mass is 16.3. The van der Waals surface area contributed by atoms with Gasteiger partial charge in [0, 0.05) is 0 Å². The molecule has 124 valence electrons. The van der Waals surface area contributed by atoms with E-state index in [1.807, 2.05) is 24.3 Å². The van der Waals surface area contributed by atoms with Gasteiger partial charge in [-0.05, 0) is 84.9 Å². The molecule has 2 nitrogen and oxygen atoms in total. The Morgan fingerprint density at radius 2 is 1.25 bits per heavy atom. The topological polar surface area (TPSA) is 40.5 Å². The number of phenolic OH excluding ortho intramolecular Hbond substituents is 2. The number of hydrogen-bond donors (Lipinski definition) is 2. The lowest BCUT2D eigenvalue weighted by Gasteiger charge is -2.31. The summed E-state index contributed by atoms with van der Waals surface area (Å²) in [5.41, 5.74) is 5.23. The third-order valence-corrected chi connectivity index (χ3v) is 5.76. The van der Waals surface area contributed by atoms with Crippen LogP contribution in [0.1, 0.15) is 49.7 Å². The second-order valence-electron chi connectivity index (χ2n) is 7.18. The van der Waals surface area contributed by atoms with Crippen molar-refractivity contribution >= 4 is 5.57 Å². The number of fused-ring (bicyclic) bond motifs is 1. The zero-order valence-corrected chi connectivity index (χ0v) is 13.9. The van der Waals surface area contributed by atoms with Crippen molar-refractivity contribution < 1.29 is 10.2 Å². The van der Waals surface area contributed by atoms with Gasteiger partial charge in [-0.25, -0.2) is 0 Å². The Balaban J connectivity index is 1.87. The van der Waals surface area contributed by atoms with Gasteiger partial charge < -0.3 is 10.2 Å². The molecule has 2 aliphatic rings. The first-order chi connectivity index (χ1) is 11.7. The third-order valence-electron chi connectivity index (χ3n) is 5.76. The molecule has 0 heterocycles. The zero-order valence-electron chi connectivity index (χ0n) is 13.9. The van der Waals surface area contributed by atoms with Gasteiger partial charge in [-0.1, -0.05) is 36.3 Å². The van der Waals surface area contributed by atoms with Crippen LogP contribution in [0.25, 0.3) is 5.57 Å². The lowest BCUT2D eigenvalue weighted by molar-refractivity contribution is 0.350. The van der Waals surface area contributed by atoms with Gasteiger partial charge in [0.2, 0.25) is 0 Å². The Bertz CT molecular complexity index is 693. The quantitative estimate of drug-likeness (QED) is 0.767. The Kier molecular flexibility index (Phi) is 4.05. The molecule has 0 aliphatic heterocycles. The van der Waals surface area contributed by atoms with Crippen LogP contribution < -0.4 is 0 Å². The summed E-state index contributed by atoms with van der Waals surface area (Å²) in [5, 5.41) is 19.3. The van der Waals surface area contributed by atoms with Crippen LogP contribution in [0.4, 0.5) is 0 Å². The van der Waals surface area contributed by atoms with Crippen molar-refractivity contribution in [2.24, 2.45) is 11.8 Å². The van der Waals surface area contributed by atoms with Crippen molar-refractivity contribution in [2.45, 2.75) is 38.5 Å². The number of hydrogen-bond acceptors (Lipinski definition) is 2. The molecule has 2 aromatic carbocycles. The largest absolute Gasteiger partial charge is 0.508 e. The molecule has 2 fully saturated rings. The molecule has 2 saturated carbocycles. The summed E-state index contributed by atoms with van der Waals surface area (Å²) >= 11 is 0. The standard InChI is InChI=1S/C22H24O2/c23-18-11-7-16(8-12-18)22(17-9-13-19(24)14-10-17)21-6-2-4-15-3-1-5-20(15)21/h7-15,20,23-24H,1-6H2. The van der Waals surface area contributed by atoms with Crippen molar-refractivity contribution in [1.29, 1.82) is 0 Å². The predicted octanol–water partition coefficient (Wildman–Crippen LogP) is 5.50. The van der Waals surface area contributed by atoms with E-state index in [4.69, 9.17) is 0 Å². The molecule has 0 aromatic heterocycles. The SMILES string of the molecule is Oc1ccc(C(=C2CCCC3CCCC23)c2ccc(O)cc2)cc1. The fourth-order valence-corrected chi connectivity index (χ4v) is 4.69. The number of phenols is 2. The number of aromatic hydroxyl groups is 2. The van der Waals surface area contributed by atoms with E-state index in [0.717, 1.165) is 12.3 Å². The van der Waals surface area contributed by atoms with Gasteiger partial charge >= 0.3 is 0 Å². The minimum atomic E-state index is 0.302. The van der Waals surface area contributed by atoms with Crippen molar-refractivity contribution in [3.8, 4) is 11.5 Å². The molecule has 2 heteroatoms. The van der Waals surface area contributed by atoms with Gasteiger partial charge in [0.25, 0.3) is 0 Å². The van der Waals surface area contributed by atoms with Crippen molar-refractivity contribution in [2.75, 3.05) is 0 Å². The van der Waals surface area contributed by atoms with Gasteiger partial charge in [-0.2, -0.15) is 0 Å². The first-order valence-electron chi connectivity index (χ1n) is 9.04. The zero-order chi connectivity index (χ0) is 16.5. The highest BCUT2D eigenvalue weighted by Crippen LogP contribution is 2.48. The Morgan fingerprint density at radius 1 is 0.708 bits per heavy atom. The molecule has 24 heavy (non-hydrogen) atoms. The van der Waals surface area contributed by atoms with Gasteiger partial charge in [0.15, 0.2) is 0 Å². The van der Waals surface area contributed by atoms with Gasteiger partial charge in [-0.3, -0.25) is 0 Å². The normalized spacial score (nSPS) is 23.1. The fourth-order valence-electron chi connectivity index (χ4n) is 4.69. The van der Waals surface area contributed by atoms with Crippen LogP contribution in [-0.4, -0.2) is 10.2 Å². The van der Waals surface area contributed by atoms with Gasteiger partial charge in [-0.15, -0.1) is 0 Å². The maximum Gasteiger partial charge on any atom is 0.115 e. The van der Waals surface area contributed by atoms with E-state index in [1.54, 1.807) is 29.8 Å². The van der Waals surface area contributed by atoms with E-state index in [2.05, 4.69) is 0 Å². The van der Waals surface area contributed by atoms with E-state index in [1.165, 1.54) is 48.8 Å². The lowest BCUT2D eigenvalue weighted by Crippen LogP contribution is -2.18. The number of allylic oxidation sites excluding steroid dienone is 1. The summed E-state index contributed by atoms with van der Waals surface area (Å²) in [6.45, 7) is 0. The summed E-state index contributed by atoms with van der Waals surface area (Å²) in [7, 11) is 0. The van der Waals surface area contributed by atoms with E-state index >= 15 is 0 Å². The van der Waals surface area contributed by atoms with Crippen LogP contribution in [0.3, 0.4) is 0 Å². The molecule has 2 N–H and O–H groups in total. The predicted molar refractivity (Wildman–Crippen MR) is 96.9 cm³/mol. The van der Waals surface area contributed by atoms with Crippen LogP contribution >= 0.6 is 0 Å². The van der Waals surface area contributed by atoms with Crippen LogP contribution in [-0.2, 0) is 0 Å². The molecule has 0 spiro atoms. The summed E-state index contributed by atoms with van der Waals surface area (Å²) in [6, 6.07) is 15.1. The molecule has 0 amide bonds. The van der Waals surface area contributed by atoms with Gasteiger partial charge in [0.05, 0.1) is 0 Å². The molecule has 0 saturated heterocycles. The maximum atomic E-state index is 9.66. The van der Waals surface area contributed by atoms with Crippen molar-refractivity contribution in [3.05, 3.63) is 65.2 Å². The Labute approximate surface area is 143 Å². The molecule has 2 aromatic rings. The molecular formula is C22H24O2. The molecular weight excluding hydrogens is 296 g/mol. The molecule has 0 bridgehead atoms. The van der Waals surface area contributed by atoms with E-state index in [-0.39, 0.29) is 0 Å². The van der Waals surface area contributed by atoms with Crippen LogP contribution in [0, 0.1) is 11.8 Å². The fraction of sp³-hybridized carbons (Fsp3) is 0.364. The molecule has 2 atom stereocenters. The minimum Gasteiger partial charge on any atom is -0.508 e. The van der Waals surface area contributed by atoms with E-state index < -0.39 is 0 Å². The summed E-state index contributed by atoms with van der Waals surface area (Å²) in [5.74, 6) is 2.15. The highest BCUT2D eigenvalue weighted by Gasteiger charge is 2.34. The average molecular weight is 320 g/mol. The maximum absolute atomic E-state index is 9.66. The summed E-state index contributed by atoms with van der Waals surface area (Å²) < 4.78 is 0. The molecule has 2 aliphatic carbocycles. The smallest absolute Gasteiger partial charge is 0.115 e. The van der Waals surface area contributed by atoms with E-state index in [9.17, 15) is 10.2 Å². The summed E-state index contributed by atoms with van der Waals surface area (Å²) in [4.78, 5) is 0. The van der Waals surface area contributed by atoms with Crippen molar-refractivity contribution in [1.82, 2.24) is 0 Å². The first-order valence-corrected chi connectivity index (χ1v) is 9.04. The van der Waals surface area contributed by atoms with Gasteiger partial charge in [0.1, 0.15) is 11.5 Å². The average Bonchev–Trinajstić information content (AvgIpc) is 3.08. The Morgan fingerprint density at radius 3 is 1.83 bits per heavy atom. The monoisotopic (exact) mass is 320 g/mol. The third kappa shape index (κ3) is 2.82. The summed E-state index contributed by atoms with van der Waals surface area (Å²) in [6.07, 6.45) is 7.82. The molecule has 4 rings (SSSR count). The van der Waals surface area contributed by atoms with Crippen LogP contribution in [0.5, 0.6) is 11.5 Å². The lowest BCUT2D eigenvalue weighted by atomic mass is 9.74. The second-order valence-corrected chi connectivity index (χ2v) is 7.18. The molecule has 2 unspecified atom stereocenters. The Hall–Kier alpha value is -2.22. The minimum absolute atomic E-state index is 0.302. The number of rotatable bonds is 2. The van der Waals surface area contributed by atoms with Crippen LogP contribution in [0.2, 0.25) is 0 Å². The van der Waals surface area contributed by atoms with Crippen LogP contribution in [0.15, 0.2) is 54.1 Å².